The van der Waals surface area contributed by atoms with Gasteiger partial charge in [0.05, 0.1) is 0 Å². The number of likely N-dealkylation sites (tertiary alicyclic amines) is 1. The van der Waals surface area contributed by atoms with E-state index in [1.807, 2.05) is 26.8 Å². The molecule has 1 saturated heterocycles. The highest BCUT2D eigenvalue weighted by molar-refractivity contribution is 5.68. The monoisotopic (exact) mass is 254 g/mol. The van der Waals surface area contributed by atoms with Gasteiger partial charge in [0.25, 0.3) is 0 Å². The smallest absolute Gasteiger partial charge is 0.410 e. The summed E-state index contributed by atoms with van der Waals surface area (Å²) in [5.41, 5.74) is -0.418. The molecule has 0 aromatic heterocycles. The maximum absolute atomic E-state index is 11.9. The molecule has 0 spiro atoms. The van der Waals surface area contributed by atoms with Crippen LogP contribution in [-0.2, 0) is 4.74 Å². The first kappa shape index (κ1) is 15.0. The van der Waals surface area contributed by atoms with E-state index in [2.05, 4.69) is 18.8 Å². The minimum atomic E-state index is -0.418. The Balaban J connectivity index is 2.36. The lowest BCUT2D eigenvalue weighted by Gasteiger charge is -2.25. The highest BCUT2D eigenvalue weighted by Gasteiger charge is 2.29. The van der Waals surface area contributed by atoms with Crippen molar-refractivity contribution < 1.29 is 9.53 Å². The predicted octanol–water partition coefficient (Wildman–Crippen LogP) is 2.55. The molecule has 1 aliphatic rings. The van der Waals surface area contributed by atoms with Crippen LogP contribution < -0.4 is 5.32 Å². The quantitative estimate of drug-likeness (QED) is 0.784. The molecule has 2 atom stereocenters. The van der Waals surface area contributed by atoms with E-state index in [1.165, 1.54) is 0 Å². The van der Waals surface area contributed by atoms with Gasteiger partial charge in [-0.3, -0.25) is 0 Å². The molecule has 0 aliphatic carbocycles. The van der Waals surface area contributed by atoms with Gasteiger partial charge in [0.15, 0.2) is 0 Å². The summed E-state index contributed by atoms with van der Waals surface area (Å²) in [6.07, 6.45) is 3.64. The summed E-state index contributed by atoms with van der Waals surface area (Å²) in [7, 11) is 0. The molecule has 1 N–H and O–H groups in total. The summed E-state index contributed by atoms with van der Waals surface area (Å²) in [6, 6.07) is 0.776. The van der Waals surface area contributed by atoms with Gasteiger partial charge in [-0.25, -0.2) is 4.79 Å². The van der Waals surface area contributed by atoms with Gasteiger partial charge in [0.2, 0.25) is 0 Å². The number of rotatable bonds is 4. The molecule has 1 aliphatic heterocycles. The highest BCUT2D eigenvalue weighted by atomic mass is 16.6. The number of amides is 1. The fourth-order valence-electron chi connectivity index (χ4n) is 2.11. The van der Waals surface area contributed by atoms with Gasteiger partial charge < -0.3 is 15.0 Å². The van der Waals surface area contributed by atoms with Gasteiger partial charge in [-0.1, -0.05) is 6.08 Å². The number of ether oxygens (including phenoxy) is 1. The van der Waals surface area contributed by atoms with Crippen LogP contribution in [0.5, 0.6) is 0 Å². The van der Waals surface area contributed by atoms with Crippen molar-refractivity contribution in [1.82, 2.24) is 10.2 Å². The summed E-state index contributed by atoms with van der Waals surface area (Å²) in [6.45, 7) is 13.0. The van der Waals surface area contributed by atoms with Crippen molar-refractivity contribution in [2.45, 2.75) is 58.2 Å². The van der Waals surface area contributed by atoms with Crippen molar-refractivity contribution in [3.63, 3.8) is 0 Å². The summed E-state index contributed by atoms with van der Waals surface area (Å²) in [5, 5.41) is 3.51. The highest BCUT2D eigenvalue weighted by Crippen LogP contribution is 2.15. The maximum Gasteiger partial charge on any atom is 0.410 e. The molecule has 0 bridgehead atoms. The molecule has 1 rings (SSSR count). The van der Waals surface area contributed by atoms with Gasteiger partial charge >= 0.3 is 6.09 Å². The normalized spacial score (nSPS) is 21.8. The fourth-order valence-corrected chi connectivity index (χ4v) is 2.11. The minimum absolute atomic E-state index is 0.205. The van der Waals surface area contributed by atoms with Crippen LogP contribution in [-0.4, -0.2) is 41.8 Å². The average Bonchev–Trinajstić information content (AvgIpc) is 2.63. The van der Waals surface area contributed by atoms with Gasteiger partial charge in [-0.2, -0.15) is 0 Å². The Morgan fingerprint density at radius 1 is 1.61 bits per heavy atom. The van der Waals surface area contributed by atoms with E-state index < -0.39 is 5.60 Å². The van der Waals surface area contributed by atoms with Crippen LogP contribution in [0.4, 0.5) is 4.79 Å². The lowest BCUT2D eigenvalue weighted by atomic mass is 10.2. The molecule has 0 aromatic rings. The van der Waals surface area contributed by atoms with E-state index in [1.54, 1.807) is 4.90 Å². The van der Waals surface area contributed by atoms with Crippen LogP contribution in [0.3, 0.4) is 0 Å². The Kier molecular flexibility index (Phi) is 5.20. The lowest BCUT2D eigenvalue weighted by molar-refractivity contribution is 0.0290. The van der Waals surface area contributed by atoms with Gasteiger partial charge in [0.1, 0.15) is 5.60 Å². The van der Waals surface area contributed by atoms with Gasteiger partial charge in [-0.05, 0) is 40.5 Å². The second-order valence-corrected chi connectivity index (χ2v) is 6.00. The van der Waals surface area contributed by atoms with Crippen LogP contribution in [0.25, 0.3) is 0 Å². The molecule has 0 saturated carbocycles. The Bertz CT molecular complexity index is 297. The number of hydrogen-bond acceptors (Lipinski definition) is 3. The van der Waals surface area contributed by atoms with Crippen molar-refractivity contribution in [3.8, 4) is 0 Å². The number of nitrogens with zero attached hydrogens (tertiary/aromatic N) is 1. The van der Waals surface area contributed by atoms with Crippen LogP contribution >= 0.6 is 0 Å². The van der Waals surface area contributed by atoms with Crippen LogP contribution in [0.15, 0.2) is 12.7 Å². The lowest BCUT2D eigenvalue weighted by Crippen LogP contribution is -2.40. The average molecular weight is 254 g/mol. The molecule has 1 fully saturated rings. The largest absolute Gasteiger partial charge is 0.444 e. The van der Waals surface area contributed by atoms with Gasteiger partial charge in [0, 0.05) is 25.2 Å². The predicted molar refractivity (Wildman–Crippen MR) is 73.6 cm³/mol. The van der Waals surface area contributed by atoms with Crippen molar-refractivity contribution in [1.29, 1.82) is 0 Å². The first-order valence-electron chi connectivity index (χ1n) is 6.66. The Hall–Kier alpha value is -1.03. The second kappa shape index (κ2) is 6.23. The number of carbonyl (C=O) groups excluding carboxylic acids is 1. The SMILES string of the molecule is C=CCC(C)NC1CCN(C(=O)OC(C)(C)C)C1. The van der Waals surface area contributed by atoms with Gasteiger partial charge in [-0.15, -0.1) is 6.58 Å². The van der Waals surface area contributed by atoms with Crippen molar-refractivity contribution in [2.75, 3.05) is 13.1 Å². The van der Waals surface area contributed by atoms with Crippen molar-refractivity contribution in [3.05, 3.63) is 12.7 Å². The van der Waals surface area contributed by atoms with E-state index in [4.69, 9.17) is 4.74 Å². The minimum Gasteiger partial charge on any atom is -0.444 e. The summed E-state index contributed by atoms with van der Waals surface area (Å²) in [5.74, 6) is 0. The molecule has 0 aromatic carbocycles. The topological polar surface area (TPSA) is 41.6 Å². The third-order valence-corrected chi connectivity index (χ3v) is 2.88. The Morgan fingerprint density at radius 3 is 2.83 bits per heavy atom. The van der Waals surface area contributed by atoms with Crippen molar-refractivity contribution in [2.24, 2.45) is 0 Å². The van der Waals surface area contributed by atoms with Crippen LogP contribution in [0.2, 0.25) is 0 Å². The van der Waals surface area contributed by atoms with E-state index in [-0.39, 0.29) is 6.09 Å². The standard InChI is InChI=1S/C14H26N2O2/c1-6-7-11(2)15-12-8-9-16(10-12)13(17)18-14(3,4)5/h6,11-12,15H,1,7-10H2,2-5H3. The molecular weight excluding hydrogens is 228 g/mol. The summed E-state index contributed by atoms with van der Waals surface area (Å²) >= 11 is 0. The molecule has 1 heterocycles. The fraction of sp³-hybridized carbons (Fsp3) is 0.786. The molecule has 2 unspecified atom stereocenters. The maximum atomic E-state index is 11.9. The molecule has 4 heteroatoms. The van der Waals surface area contributed by atoms with Crippen molar-refractivity contribution >= 4 is 6.09 Å². The zero-order valence-electron chi connectivity index (χ0n) is 12.0. The number of hydrogen-bond donors (Lipinski definition) is 1. The van der Waals surface area contributed by atoms with E-state index in [0.29, 0.717) is 12.1 Å². The zero-order chi connectivity index (χ0) is 13.8. The second-order valence-electron chi connectivity index (χ2n) is 6.00. The van der Waals surface area contributed by atoms with E-state index >= 15 is 0 Å². The molecule has 4 nitrogen and oxygen atoms in total. The molecule has 104 valence electrons. The summed E-state index contributed by atoms with van der Waals surface area (Å²) in [4.78, 5) is 13.7. The molecule has 1 amide bonds. The molecular formula is C14H26N2O2. The number of nitrogens with one attached hydrogen (secondary N) is 1. The Morgan fingerprint density at radius 2 is 2.28 bits per heavy atom. The van der Waals surface area contributed by atoms with E-state index in [0.717, 1.165) is 25.9 Å². The molecule has 0 radical (unpaired) electrons. The first-order valence-corrected chi connectivity index (χ1v) is 6.66. The van der Waals surface area contributed by atoms with Crippen LogP contribution in [0.1, 0.15) is 40.5 Å². The van der Waals surface area contributed by atoms with Crippen LogP contribution in [0, 0.1) is 0 Å². The molecule has 18 heavy (non-hydrogen) atoms. The zero-order valence-corrected chi connectivity index (χ0v) is 12.0. The Labute approximate surface area is 110 Å². The van der Waals surface area contributed by atoms with E-state index in [9.17, 15) is 4.79 Å². The third kappa shape index (κ3) is 5.08. The first-order chi connectivity index (χ1) is 8.31. The third-order valence-electron chi connectivity index (χ3n) is 2.88. The number of carbonyl (C=O) groups is 1. The summed E-state index contributed by atoms with van der Waals surface area (Å²) < 4.78 is 5.37.